The Kier molecular flexibility index (Phi) is 6.11. The topological polar surface area (TPSA) is 108 Å². The highest BCUT2D eigenvalue weighted by molar-refractivity contribution is 6.01. The predicted molar refractivity (Wildman–Crippen MR) is 115 cm³/mol. The zero-order valence-electron chi connectivity index (χ0n) is 17.5. The molecule has 2 aromatic rings. The number of aryl methyl sites for hydroxylation is 1. The molecule has 162 valence electrons. The quantitative estimate of drug-likeness (QED) is 0.664. The summed E-state index contributed by atoms with van der Waals surface area (Å²) in [7, 11) is 0. The first-order chi connectivity index (χ1) is 15.0. The van der Waals surface area contributed by atoms with Gasteiger partial charge in [0.05, 0.1) is 18.3 Å². The molecule has 31 heavy (non-hydrogen) atoms. The summed E-state index contributed by atoms with van der Waals surface area (Å²) in [6.45, 7) is 2.92. The van der Waals surface area contributed by atoms with E-state index < -0.39 is 0 Å². The number of nitrogens with one attached hydrogen (secondary N) is 2. The van der Waals surface area contributed by atoms with E-state index in [1.165, 1.54) is 4.90 Å². The van der Waals surface area contributed by atoms with Crippen molar-refractivity contribution in [3.63, 3.8) is 0 Å². The Morgan fingerprint density at radius 3 is 2.90 bits per heavy atom. The molecule has 0 aliphatic carbocycles. The third kappa shape index (κ3) is 4.82. The van der Waals surface area contributed by atoms with Crippen LogP contribution in [-0.4, -0.2) is 57.2 Å². The van der Waals surface area contributed by atoms with Crippen molar-refractivity contribution in [3.8, 4) is 0 Å². The van der Waals surface area contributed by atoms with E-state index in [-0.39, 0.29) is 37.0 Å². The van der Waals surface area contributed by atoms with Gasteiger partial charge in [-0.05, 0) is 50.5 Å². The zero-order chi connectivity index (χ0) is 21.8. The largest absolute Gasteiger partial charge is 0.340 e. The smallest absolute Gasteiger partial charge is 0.324 e. The van der Waals surface area contributed by atoms with E-state index >= 15 is 0 Å². The SMILES string of the molecule is Cc1cc(Nc2ccccn2)cc([C@H]2CCCN2C(=O)CCCN2C(=O)CNC2=O)n1. The summed E-state index contributed by atoms with van der Waals surface area (Å²) in [5, 5.41) is 5.79. The van der Waals surface area contributed by atoms with E-state index in [4.69, 9.17) is 4.98 Å². The third-order valence-electron chi connectivity index (χ3n) is 5.53. The number of carbonyl (C=O) groups is 3. The molecular weight excluding hydrogens is 396 g/mol. The van der Waals surface area contributed by atoms with Crippen LogP contribution in [0.4, 0.5) is 16.3 Å². The van der Waals surface area contributed by atoms with Crippen molar-refractivity contribution >= 4 is 29.4 Å². The zero-order valence-corrected chi connectivity index (χ0v) is 17.5. The maximum Gasteiger partial charge on any atom is 0.324 e. The van der Waals surface area contributed by atoms with Gasteiger partial charge in [0.25, 0.3) is 0 Å². The van der Waals surface area contributed by atoms with Crippen LogP contribution >= 0.6 is 0 Å². The van der Waals surface area contributed by atoms with Gasteiger partial charge in [-0.3, -0.25) is 19.5 Å². The van der Waals surface area contributed by atoms with Gasteiger partial charge in [0.15, 0.2) is 0 Å². The van der Waals surface area contributed by atoms with Crippen molar-refractivity contribution in [2.24, 2.45) is 0 Å². The molecule has 2 saturated heterocycles. The van der Waals surface area contributed by atoms with Crippen molar-refractivity contribution in [1.82, 2.24) is 25.1 Å². The van der Waals surface area contributed by atoms with Crippen LogP contribution in [-0.2, 0) is 9.59 Å². The first-order valence-electron chi connectivity index (χ1n) is 10.6. The van der Waals surface area contributed by atoms with Gasteiger partial charge in [-0.2, -0.15) is 0 Å². The summed E-state index contributed by atoms with van der Waals surface area (Å²) >= 11 is 0. The lowest BCUT2D eigenvalue weighted by Crippen LogP contribution is -2.34. The van der Waals surface area contributed by atoms with Gasteiger partial charge < -0.3 is 15.5 Å². The number of pyridine rings is 2. The summed E-state index contributed by atoms with van der Waals surface area (Å²) < 4.78 is 0. The Morgan fingerprint density at radius 2 is 2.16 bits per heavy atom. The minimum absolute atomic E-state index is 0.0251. The lowest BCUT2D eigenvalue weighted by atomic mass is 10.1. The van der Waals surface area contributed by atoms with Gasteiger partial charge in [0.2, 0.25) is 11.8 Å². The second-order valence-electron chi connectivity index (χ2n) is 7.81. The molecule has 2 aliphatic rings. The average molecular weight is 422 g/mol. The van der Waals surface area contributed by atoms with E-state index in [0.29, 0.717) is 19.4 Å². The van der Waals surface area contributed by atoms with Crippen LogP contribution in [0.1, 0.15) is 43.1 Å². The lowest BCUT2D eigenvalue weighted by molar-refractivity contribution is -0.133. The fraction of sp³-hybridized carbons (Fsp3) is 0.409. The number of likely N-dealkylation sites (tertiary alicyclic amines) is 1. The monoisotopic (exact) mass is 422 g/mol. The fourth-order valence-corrected chi connectivity index (χ4v) is 4.11. The number of nitrogens with zero attached hydrogens (tertiary/aromatic N) is 4. The summed E-state index contributed by atoms with van der Waals surface area (Å²) in [6, 6.07) is 9.15. The van der Waals surface area contributed by atoms with Crippen LogP contribution in [0.25, 0.3) is 0 Å². The molecule has 1 atom stereocenters. The second-order valence-corrected chi connectivity index (χ2v) is 7.81. The molecule has 0 radical (unpaired) electrons. The second kappa shape index (κ2) is 9.11. The molecule has 4 rings (SSSR count). The van der Waals surface area contributed by atoms with E-state index in [1.54, 1.807) is 6.20 Å². The summed E-state index contributed by atoms with van der Waals surface area (Å²) in [6.07, 6.45) is 4.25. The summed E-state index contributed by atoms with van der Waals surface area (Å²) in [5.41, 5.74) is 2.62. The van der Waals surface area contributed by atoms with E-state index in [0.717, 1.165) is 35.7 Å². The molecule has 0 unspecified atom stereocenters. The molecule has 0 aromatic carbocycles. The van der Waals surface area contributed by atoms with Gasteiger partial charge in [-0.1, -0.05) is 6.07 Å². The molecule has 2 aromatic heterocycles. The number of aromatic nitrogens is 2. The normalized spacial score (nSPS) is 18.4. The summed E-state index contributed by atoms with van der Waals surface area (Å²) in [5.74, 6) is 0.532. The van der Waals surface area contributed by atoms with Gasteiger partial charge in [0, 0.05) is 37.1 Å². The molecule has 0 saturated carbocycles. The Hall–Kier alpha value is -3.49. The molecular formula is C22H26N6O3. The Morgan fingerprint density at radius 1 is 1.29 bits per heavy atom. The number of amides is 4. The van der Waals surface area contributed by atoms with Crippen molar-refractivity contribution in [1.29, 1.82) is 0 Å². The molecule has 4 amide bonds. The predicted octanol–water partition coefficient (Wildman–Crippen LogP) is 2.52. The van der Waals surface area contributed by atoms with Crippen molar-refractivity contribution in [3.05, 3.63) is 47.9 Å². The van der Waals surface area contributed by atoms with Gasteiger partial charge in [-0.15, -0.1) is 0 Å². The molecule has 0 bridgehead atoms. The number of hydrogen-bond donors (Lipinski definition) is 2. The number of anilines is 2. The van der Waals surface area contributed by atoms with Crippen molar-refractivity contribution < 1.29 is 14.4 Å². The minimum atomic E-state index is -0.381. The molecule has 0 spiro atoms. The van der Waals surface area contributed by atoms with E-state index in [1.807, 2.05) is 42.2 Å². The van der Waals surface area contributed by atoms with E-state index in [2.05, 4.69) is 15.6 Å². The van der Waals surface area contributed by atoms with Gasteiger partial charge in [0.1, 0.15) is 5.82 Å². The number of imide groups is 1. The van der Waals surface area contributed by atoms with Crippen LogP contribution < -0.4 is 10.6 Å². The highest BCUT2D eigenvalue weighted by Crippen LogP contribution is 2.33. The highest BCUT2D eigenvalue weighted by Gasteiger charge is 2.32. The summed E-state index contributed by atoms with van der Waals surface area (Å²) in [4.78, 5) is 48.2. The molecule has 4 heterocycles. The molecule has 2 aliphatic heterocycles. The fourth-order valence-electron chi connectivity index (χ4n) is 4.11. The Labute approximate surface area is 180 Å². The van der Waals surface area contributed by atoms with Gasteiger partial charge in [-0.25, -0.2) is 9.78 Å². The Balaban J connectivity index is 1.41. The van der Waals surface area contributed by atoms with Crippen LogP contribution in [0, 0.1) is 6.92 Å². The lowest BCUT2D eigenvalue weighted by Gasteiger charge is -2.25. The first-order valence-corrected chi connectivity index (χ1v) is 10.6. The third-order valence-corrected chi connectivity index (χ3v) is 5.53. The number of rotatable bonds is 7. The van der Waals surface area contributed by atoms with Crippen molar-refractivity contribution in [2.45, 2.75) is 38.6 Å². The maximum absolute atomic E-state index is 12.9. The van der Waals surface area contributed by atoms with Crippen LogP contribution in [0.3, 0.4) is 0 Å². The number of carbonyl (C=O) groups excluding carboxylic acids is 3. The maximum atomic E-state index is 12.9. The van der Waals surface area contributed by atoms with Crippen LogP contribution in [0.5, 0.6) is 0 Å². The minimum Gasteiger partial charge on any atom is -0.340 e. The van der Waals surface area contributed by atoms with Crippen LogP contribution in [0.15, 0.2) is 36.5 Å². The number of hydrogen-bond acceptors (Lipinski definition) is 6. The standard InChI is InChI=1S/C22H26N6O3/c1-15-12-16(26-19-7-2-3-9-23-19)13-17(25-15)18-6-4-10-27(18)20(29)8-5-11-28-21(30)14-24-22(28)31/h2-3,7,9,12-13,18H,4-6,8,10-11,14H2,1H3,(H,24,31)(H,23,25,26)/t18-/m1/s1. The number of urea groups is 1. The molecule has 2 N–H and O–H groups in total. The average Bonchev–Trinajstić information content (AvgIpc) is 3.36. The molecule has 9 nitrogen and oxygen atoms in total. The Bertz CT molecular complexity index is 964. The van der Waals surface area contributed by atoms with Crippen molar-refractivity contribution in [2.75, 3.05) is 25.0 Å². The van der Waals surface area contributed by atoms with E-state index in [9.17, 15) is 14.4 Å². The van der Waals surface area contributed by atoms with Gasteiger partial charge >= 0.3 is 6.03 Å². The highest BCUT2D eigenvalue weighted by atomic mass is 16.2. The first kappa shape index (κ1) is 20.8. The molecule has 9 heteroatoms. The van der Waals surface area contributed by atoms with Crippen LogP contribution in [0.2, 0.25) is 0 Å². The molecule has 2 fully saturated rings.